The van der Waals surface area contributed by atoms with Crippen LogP contribution in [0.15, 0.2) is 59.6 Å². The maximum atomic E-state index is 13.0. The largest absolute Gasteiger partial charge is 0.416 e. The second kappa shape index (κ2) is 7.47. The molecule has 1 saturated carbocycles. The average molecular weight is 403 g/mol. The molecule has 3 nitrogen and oxygen atoms in total. The number of aromatic nitrogens is 1. The summed E-state index contributed by atoms with van der Waals surface area (Å²) >= 11 is 0.977. The molecule has 7 heteroatoms. The van der Waals surface area contributed by atoms with Crippen molar-refractivity contribution in [3.05, 3.63) is 60.3 Å². The topological polar surface area (TPSA) is 39.2 Å². The molecule has 2 aromatic carbocycles. The summed E-state index contributed by atoms with van der Waals surface area (Å²) in [6.45, 7) is 0. The fraction of sp³-hybridized carbons (Fsp3) is 0.238. The molecular formula is C21H16F3NO2S. The maximum absolute atomic E-state index is 13.0. The highest BCUT2D eigenvalue weighted by Gasteiger charge is 2.30. The van der Waals surface area contributed by atoms with Gasteiger partial charge in [-0.3, -0.25) is 9.78 Å². The number of halogens is 3. The van der Waals surface area contributed by atoms with E-state index in [2.05, 4.69) is 4.98 Å². The number of carbonyl (C=O) groups excluding carboxylic acids is 1. The van der Waals surface area contributed by atoms with Gasteiger partial charge >= 0.3 is 12.1 Å². The van der Waals surface area contributed by atoms with Crippen molar-refractivity contribution in [2.75, 3.05) is 0 Å². The van der Waals surface area contributed by atoms with E-state index in [9.17, 15) is 18.0 Å². The minimum Gasteiger partial charge on any atom is -0.386 e. The average Bonchev–Trinajstić information content (AvgIpc) is 2.64. The molecule has 0 atom stereocenters. The third kappa shape index (κ3) is 3.85. The molecule has 1 heterocycles. The Hall–Kier alpha value is -2.54. The van der Waals surface area contributed by atoms with Crippen molar-refractivity contribution in [2.24, 2.45) is 5.92 Å². The number of benzene rings is 2. The summed E-state index contributed by atoms with van der Waals surface area (Å²) in [6, 6.07) is 12.2. The van der Waals surface area contributed by atoms with E-state index in [4.69, 9.17) is 4.18 Å². The van der Waals surface area contributed by atoms with Gasteiger partial charge in [0.1, 0.15) is 0 Å². The molecule has 1 fully saturated rings. The van der Waals surface area contributed by atoms with Gasteiger partial charge in [-0.05, 0) is 54.3 Å². The first-order valence-corrected chi connectivity index (χ1v) is 9.61. The molecular weight excluding hydrogens is 387 g/mol. The van der Waals surface area contributed by atoms with Crippen LogP contribution < -0.4 is 0 Å². The number of pyridine rings is 1. The Morgan fingerprint density at radius 1 is 1.07 bits per heavy atom. The van der Waals surface area contributed by atoms with Gasteiger partial charge in [0.15, 0.2) is 0 Å². The minimum absolute atomic E-state index is 0.0266. The van der Waals surface area contributed by atoms with Crippen molar-refractivity contribution in [3.8, 4) is 11.1 Å². The molecule has 0 saturated heterocycles. The molecule has 0 aliphatic heterocycles. The van der Waals surface area contributed by atoms with Crippen molar-refractivity contribution in [3.63, 3.8) is 0 Å². The van der Waals surface area contributed by atoms with Crippen LogP contribution in [0, 0.1) is 5.92 Å². The second-order valence-corrected chi connectivity index (χ2v) is 7.51. The summed E-state index contributed by atoms with van der Waals surface area (Å²) in [4.78, 5) is 17.0. The molecule has 28 heavy (non-hydrogen) atoms. The number of nitrogens with zero attached hydrogens (tertiary/aromatic N) is 1. The first kappa shape index (κ1) is 18.8. The van der Waals surface area contributed by atoms with Crippen molar-refractivity contribution in [1.82, 2.24) is 4.98 Å². The zero-order valence-electron chi connectivity index (χ0n) is 14.7. The van der Waals surface area contributed by atoms with E-state index in [0.29, 0.717) is 21.5 Å². The van der Waals surface area contributed by atoms with E-state index >= 15 is 0 Å². The highest BCUT2D eigenvalue weighted by molar-refractivity contribution is 7.95. The molecule has 0 unspecified atom stereocenters. The lowest BCUT2D eigenvalue weighted by Crippen LogP contribution is -2.22. The summed E-state index contributed by atoms with van der Waals surface area (Å²) in [7, 11) is 0. The summed E-state index contributed by atoms with van der Waals surface area (Å²) < 4.78 is 44.4. The van der Waals surface area contributed by atoms with Crippen molar-refractivity contribution < 1.29 is 22.1 Å². The monoisotopic (exact) mass is 403 g/mol. The second-order valence-electron chi connectivity index (χ2n) is 6.73. The fourth-order valence-corrected chi connectivity index (χ4v) is 3.72. The summed E-state index contributed by atoms with van der Waals surface area (Å²) in [6.07, 6.45) is -0.0215. The first-order chi connectivity index (χ1) is 13.4. The molecule has 0 bridgehead atoms. The number of carbonyl (C=O) groups is 1. The molecule has 1 aromatic heterocycles. The van der Waals surface area contributed by atoms with Gasteiger partial charge in [-0.2, -0.15) is 13.2 Å². The quantitative estimate of drug-likeness (QED) is 0.481. The van der Waals surface area contributed by atoms with Crippen molar-refractivity contribution in [2.45, 2.75) is 30.3 Å². The van der Waals surface area contributed by atoms with Crippen molar-refractivity contribution in [1.29, 1.82) is 0 Å². The lowest BCUT2D eigenvalue weighted by atomic mass is 9.86. The molecule has 144 valence electrons. The fourth-order valence-electron chi connectivity index (χ4n) is 3.05. The van der Waals surface area contributed by atoms with Gasteiger partial charge in [0.25, 0.3) is 0 Å². The molecule has 1 aliphatic rings. The van der Waals surface area contributed by atoms with Gasteiger partial charge in [0.2, 0.25) is 0 Å². The summed E-state index contributed by atoms with van der Waals surface area (Å²) in [5, 5.41) is 0.726. The molecule has 0 spiro atoms. The number of rotatable bonds is 4. The van der Waals surface area contributed by atoms with Crippen LogP contribution in [-0.4, -0.2) is 11.0 Å². The normalized spacial score (nSPS) is 14.7. The van der Waals surface area contributed by atoms with Crippen LogP contribution in [-0.2, 0) is 15.2 Å². The van der Waals surface area contributed by atoms with Crippen LogP contribution in [0.5, 0.6) is 0 Å². The van der Waals surface area contributed by atoms with Gasteiger partial charge < -0.3 is 4.18 Å². The summed E-state index contributed by atoms with van der Waals surface area (Å²) in [5.41, 5.74) is 1.09. The Morgan fingerprint density at radius 3 is 2.57 bits per heavy atom. The van der Waals surface area contributed by atoms with E-state index in [0.717, 1.165) is 48.8 Å². The lowest BCUT2D eigenvalue weighted by molar-refractivity contribution is -0.140. The van der Waals surface area contributed by atoms with Crippen molar-refractivity contribution >= 4 is 28.9 Å². The van der Waals surface area contributed by atoms with Gasteiger partial charge in [-0.25, -0.2) is 0 Å². The van der Waals surface area contributed by atoms with Gasteiger partial charge in [-0.15, -0.1) is 0 Å². The summed E-state index contributed by atoms with van der Waals surface area (Å²) in [5.74, 6) is -0.253. The van der Waals surface area contributed by atoms with Crippen LogP contribution in [0.1, 0.15) is 24.8 Å². The Labute approximate surface area is 164 Å². The molecule has 4 rings (SSSR count). The van der Waals surface area contributed by atoms with E-state index < -0.39 is 11.7 Å². The highest BCUT2D eigenvalue weighted by Crippen LogP contribution is 2.36. The van der Waals surface area contributed by atoms with Gasteiger partial charge in [0, 0.05) is 11.6 Å². The number of hydrogen-bond acceptors (Lipinski definition) is 4. The van der Waals surface area contributed by atoms with E-state index in [-0.39, 0.29) is 11.9 Å². The number of hydrogen-bond donors (Lipinski definition) is 0. The predicted molar refractivity (Wildman–Crippen MR) is 101 cm³/mol. The van der Waals surface area contributed by atoms with E-state index in [1.807, 2.05) is 0 Å². The third-order valence-corrected chi connectivity index (χ3v) is 5.66. The highest BCUT2D eigenvalue weighted by atomic mass is 32.2. The zero-order chi connectivity index (χ0) is 19.7. The lowest BCUT2D eigenvalue weighted by Gasteiger charge is -2.22. The number of alkyl halides is 3. The third-order valence-electron chi connectivity index (χ3n) is 4.88. The Morgan fingerprint density at radius 2 is 1.86 bits per heavy atom. The Balaban J connectivity index is 1.65. The molecule has 0 amide bonds. The molecule has 0 N–H and O–H groups in total. The smallest absolute Gasteiger partial charge is 0.386 e. The zero-order valence-corrected chi connectivity index (χ0v) is 15.5. The van der Waals surface area contributed by atoms with Gasteiger partial charge in [0.05, 0.1) is 33.9 Å². The Bertz CT molecular complexity index is 1030. The van der Waals surface area contributed by atoms with Crippen LogP contribution in [0.3, 0.4) is 0 Å². The van der Waals surface area contributed by atoms with Crippen LogP contribution in [0.2, 0.25) is 0 Å². The Kier molecular flexibility index (Phi) is 5.02. The molecule has 3 aromatic rings. The minimum atomic E-state index is -4.40. The maximum Gasteiger partial charge on any atom is 0.416 e. The first-order valence-electron chi connectivity index (χ1n) is 8.86. The standard InChI is InChI=1S/C21H16F3NO2S/c22-21(23,24)16-6-2-5-14(11-16)15-7-8-18-17(12-15)19(9-10-25-18)28-27-20(26)13-3-1-4-13/h2,5-13H,1,3-4H2. The van der Waals surface area contributed by atoms with E-state index in [1.54, 1.807) is 36.5 Å². The molecule has 0 radical (unpaired) electrons. The number of fused-ring (bicyclic) bond motifs is 1. The van der Waals surface area contributed by atoms with Gasteiger partial charge in [-0.1, -0.05) is 24.6 Å². The van der Waals surface area contributed by atoms with Crippen LogP contribution >= 0.6 is 12.0 Å². The van der Waals surface area contributed by atoms with Crippen LogP contribution in [0.4, 0.5) is 13.2 Å². The molecule has 1 aliphatic carbocycles. The predicted octanol–water partition coefficient (Wildman–Crippen LogP) is 6.27. The SMILES string of the molecule is O=C(OSc1ccnc2ccc(-c3cccc(C(F)(F)F)c3)cc12)C1CCC1. The van der Waals surface area contributed by atoms with E-state index in [1.165, 1.54) is 6.07 Å². The van der Waals surface area contributed by atoms with Crippen LogP contribution in [0.25, 0.3) is 22.0 Å².